The van der Waals surface area contributed by atoms with Gasteiger partial charge < -0.3 is 5.73 Å². The number of carbonyl (C=O) groups is 1. The fraction of sp³-hybridized carbons (Fsp3) is 0.292. The molecule has 1 aliphatic rings. The van der Waals surface area contributed by atoms with Crippen LogP contribution in [0.2, 0.25) is 0 Å². The van der Waals surface area contributed by atoms with Gasteiger partial charge in [-0.05, 0) is 49.9 Å². The first-order valence-electron chi connectivity index (χ1n) is 10.5. The fourth-order valence-corrected chi connectivity index (χ4v) is 4.97. The summed E-state index contributed by atoms with van der Waals surface area (Å²) < 4.78 is 27.7. The van der Waals surface area contributed by atoms with Crippen molar-refractivity contribution in [3.05, 3.63) is 71.0 Å². The number of rotatable bonds is 4. The number of aromatic nitrogens is 2. The van der Waals surface area contributed by atoms with Gasteiger partial charge in [-0.25, -0.2) is 18.1 Å². The second kappa shape index (κ2) is 8.02. The van der Waals surface area contributed by atoms with Crippen molar-refractivity contribution in [1.82, 2.24) is 14.7 Å². The Morgan fingerprint density at radius 2 is 1.84 bits per heavy atom. The lowest BCUT2D eigenvalue weighted by molar-refractivity contribution is 0.0981. The second-order valence-electron chi connectivity index (χ2n) is 8.85. The van der Waals surface area contributed by atoms with Crippen molar-refractivity contribution >= 4 is 21.7 Å². The molecule has 0 saturated carbocycles. The maximum atomic E-state index is 13.2. The van der Waals surface area contributed by atoms with Crippen LogP contribution in [0.3, 0.4) is 0 Å². The van der Waals surface area contributed by atoms with E-state index in [0.29, 0.717) is 5.69 Å². The topological polar surface area (TPSA) is 115 Å². The third-order valence-electron chi connectivity index (χ3n) is 5.86. The van der Waals surface area contributed by atoms with Gasteiger partial charge in [-0.3, -0.25) is 9.78 Å². The van der Waals surface area contributed by atoms with E-state index in [1.165, 1.54) is 12.1 Å². The van der Waals surface area contributed by atoms with E-state index in [-0.39, 0.29) is 21.7 Å². The first-order valence-corrected chi connectivity index (χ1v) is 12.0. The Kier molecular flexibility index (Phi) is 5.50. The van der Waals surface area contributed by atoms with E-state index < -0.39 is 15.9 Å². The van der Waals surface area contributed by atoms with E-state index in [1.54, 1.807) is 6.07 Å². The van der Waals surface area contributed by atoms with Crippen molar-refractivity contribution in [1.29, 1.82) is 0 Å². The average Bonchev–Trinajstić information content (AvgIpc) is 2.73. The summed E-state index contributed by atoms with van der Waals surface area (Å²) in [6.45, 7) is 6.28. The molecule has 1 amide bonds. The standard InChI is InChI=1S/C24H26N4O3S/c1-15-6-8-16(9-7-15)21-19(13-17-5-4-12-24(2,3)22(17)27-21)23(29)28-32(30,31)18-10-11-20(25)26-14-18/h6-11,13-14H,4-5,12H2,1-3H3,(H2,25,26)(H,28,29). The average molecular weight is 451 g/mol. The summed E-state index contributed by atoms with van der Waals surface area (Å²) in [7, 11) is -4.12. The lowest BCUT2D eigenvalue weighted by Gasteiger charge is -2.32. The Labute approximate surface area is 188 Å². The Balaban J connectivity index is 1.80. The number of sulfonamides is 1. The molecule has 3 N–H and O–H groups in total. The van der Waals surface area contributed by atoms with Crippen LogP contribution in [0.1, 0.15) is 53.9 Å². The van der Waals surface area contributed by atoms with Gasteiger partial charge in [0.2, 0.25) is 0 Å². The van der Waals surface area contributed by atoms with Gasteiger partial charge in [0.25, 0.3) is 15.9 Å². The highest BCUT2D eigenvalue weighted by atomic mass is 32.2. The maximum absolute atomic E-state index is 13.2. The zero-order valence-electron chi connectivity index (χ0n) is 18.3. The molecule has 0 saturated heterocycles. The number of nitrogens with one attached hydrogen (secondary N) is 1. The maximum Gasteiger partial charge on any atom is 0.267 e. The highest BCUT2D eigenvalue weighted by Crippen LogP contribution is 2.38. The van der Waals surface area contributed by atoms with Crippen LogP contribution >= 0.6 is 0 Å². The number of fused-ring (bicyclic) bond motifs is 1. The third kappa shape index (κ3) is 4.23. The van der Waals surface area contributed by atoms with E-state index >= 15 is 0 Å². The molecule has 0 radical (unpaired) electrons. The van der Waals surface area contributed by atoms with Gasteiger partial charge in [0.05, 0.1) is 11.3 Å². The SMILES string of the molecule is Cc1ccc(-c2nc3c(cc2C(=O)NS(=O)(=O)c2ccc(N)nc2)CCCC3(C)C)cc1. The monoisotopic (exact) mass is 450 g/mol. The summed E-state index contributed by atoms with van der Waals surface area (Å²) in [5, 5.41) is 0. The molecule has 2 heterocycles. The van der Waals surface area contributed by atoms with Crippen molar-refractivity contribution in [2.45, 2.75) is 50.3 Å². The zero-order valence-corrected chi connectivity index (χ0v) is 19.2. The molecule has 0 fully saturated rings. The molecule has 7 nitrogen and oxygen atoms in total. The molecule has 2 aromatic heterocycles. The van der Waals surface area contributed by atoms with Gasteiger partial charge >= 0.3 is 0 Å². The number of nitrogens with two attached hydrogens (primary N) is 1. The molecule has 166 valence electrons. The van der Waals surface area contributed by atoms with Crippen LogP contribution in [0.4, 0.5) is 5.82 Å². The van der Waals surface area contributed by atoms with E-state index in [9.17, 15) is 13.2 Å². The Morgan fingerprint density at radius 1 is 1.12 bits per heavy atom. The number of nitrogens with zero attached hydrogens (tertiary/aromatic N) is 2. The van der Waals surface area contributed by atoms with Gasteiger partial charge in [0, 0.05) is 22.9 Å². The van der Waals surface area contributed by atoms with Crippen molar-refractivity contribution in [3.8, 4) is 11.3 Å². The molecule has 8 heteroatoms. The first kappa shape index (κ1) is 22.0. The molecule has 4 rings (SSSR count). The van der Waals surface area contributed by atoms with Gasteiger partial charge in [-0.15, -0.1) is 0 Å². The number of amides is 1. The van der Waals surface area contributed by atoms with E-state index in [2.05, 4.69) is 23.6 Å². The minimum Gasteiger partial charge on any atom is -0.384 e. The highest BCUT2D eigenvalue weighted by molar-refractivity contribution is 7.90. The van der Waals surface area contributed by atoms with Gasteiger partial charge in [0.1, 0.15) is 10.7 Å². The van der Waals surface area contributed by atoms with Crippen LogP contribution in [-0.4, -0.2) is 24.3 Å². The number of hydrogen-bond donors (Lipinski definition) is 2. The molecule has 1 aromatic carbocycles. The molecule has 3 aromatic rings. The van der Waals surface area contributed by atoms with Crippen LogP contribution in [0.15, 0.2) is 53.6 Å². The normalized spacial score (nSPS) is 15.1. The minimum atomic E-state index is -4.12. The number of aryl methyl sites for hydroxylation is 2. The quantitative estimate of drug-likeness (QED) is 0.625. The van der Waals surface area contributed by atoms with Crippen LogP contribution < -0.4 is 10.5 Å². The van der Waals surface area contributed by atoms with Crippen molar-refractivity contribution in [2.75, 3.05) is 5.73 Å². The first-order chi connectivity index (χ1) is 15.1. The fourth-order valence-electron chi connectivity index (χ4n) is 4.06. The summed E-state index contributed by atoms with van der Waals surface area (Å²) >= 11 is 0. The van der Waals surface area contributed by atoms with E-state index in [4.69, 9.17) is 10.7 Å². The lowest BCUT2D eigenvalue weighted by atomic mass is 9.75. The summed E-state index contributed by atoms with van der Waals surface area (Å²) in [5.74, 6) is -0.533. The predicted octanol–water partition coefficient (Wildman–Crippen LogP) is 3.77. The summed E-state index contributed by atoms with van der Waals surface area (Å²) in [5.41, 5.74) is 9.91. The number of pyridine rings is 2. The number of anilines is 1. The largest absolute Gasteiger partial charge is 0.384 e. The van der Waals surface area contributed by atoms with Crippen molar-refractivity contribution < 1.29 is 13.2 Å². The summed E-state index contributed by atoms with van der Waals surface area (Å²) in [6.07, 6.45) is 3.92. The molecule has 1 aliphatic carbocycles. The molecular weight excluding hydrogens is 424 g/mol. The Hall–Kier alpha value is -3.26. The summed E-state index contributed by atoms with van der Waals surface area (Å²) in [6, 6.07) is 12.2. The number of carbonyl (C=O) groups excluding carboxylic acids is 1. The van der Waals surface area contributed by atoms with Crippen LogP contribution in [0, 0.1) is 6.92 Å². The van der Waals surface area contributed by atoms with Crippen molar-refractivity contribution in [2.24, 2.45) is 0 Å². The second-order valence-corrected chi connectivity index (χ2v) is 10.5. The smallest absolute Gasteiger partial charge is 0.267 e. The van der Waals surface area contributed by atoms with Gasteiger partial charge in [-0.2, -0.15) is 0 Å². The predicted molar refractivity (Wildman–Crippen MR) is 124 cm³/mol. The Bertz CT molecular complexity index is 1280. The van der Waals surface area contributed by atoms with Crippen molar-refractivity contribution in [3.63, 3.8) is 0 Å². The Morgan fingerprint density at radius 3 is 2.50 bits per heavy atom. The van der Waals surface area contributed by atoms with Crippen LogP contribution in [0.25, 0.3) is 11.3 Å². The molecule has 0 unspecified atom stereocenters. The van der Waals surface area contributed by atoms with E-state index in [1.807, 2.05) is 31.2 Å². The van der Waals surface area contributed by atoms with Crippen LogP contribution in [-0.2, 0) is 21.9 Å². The molecular formula is C24H26N4O3S. The number of benzene rings is 1. The van der Waals surface area contributed by atoms with Gasteiger partial charge in [-0.1, -0.05) is 43.7 Å². The summed E-state index contributed by atoms with van der Waals surface area (Å²) in [4.78, 5) is 21.8. The lowest BCUT2D eigenvalue weighted by Crippen LogP contribution is -2.32. The van der Waals surface area contributed by atoms with Gasteiger partial charge in [0.15, 0.2) is 0 Å². The molecule has 0 aliphatic heterocycles. The minimum absolute atomic E-state index is 0.121. The highest BCUT2D eigenvalue weighted by Gasteiger charge is 2.32. The molecule has 32 heavy (non-hydrogen) atoms. The van der Waals surface area contributed by atoms with E-state index in [0.717, 1.165) is 47.8 Å². The molecule has 0 bridgehead atoms. The molecule has 0 atom stereocenters. The zero-order chi connectivity index (χ0) is 23.1. The third-order valence-corrected chi connectivity index (χ3v) is 7.17. The van der Waals surface area contributed by atoms with Crippen LogP contribution in [0.5, 0.6) is 0 Å². The number of hydrogen-bond acceptors (Lipinski definition) is 6. The molecule has 0 spiro atoms. The number of nitrogen functional groups attached to an aromatic ring is 1.